The topological polar surface area (TPSA) is 190 Å². The SMILES string of the molecule is CON(C1OC[C@H](NC(=O)N=[N+]=[N-])[C@H](O)[C@@H]1O)[C@@H]1C=C2CCC3C(CC[C@]4(C)[C@@H](c5ccc(=O)oc5)CC[C@]34O)[C@@]2(C)CC1. The molecule has 5 aliphatic rings. The molecule has 4 N–H and O–H groups in total. The number of fused-ring (bicyclic) bond motifs is 5. The van der Waals surface area contributed by atoms with Crippen molar-refractivity contribution in [1.29, 1.82) is 0 Å². The van der Waals surface area contributed by atoms with E-state index in [0.29, 0.717) is 5.92 Å². The number of ether oxygens (including phenoxy) is 1. The quantitative estimate of drug-likeness (QED) is 0.127. The first-order valence-electron chi connectivity index (χ1n) is 15.6. The maximum absolute atomic E-state index is 12.5. The van der Waals surface area contributed by atoms with Crippen molar-refractivity contribution in [2.75, 3.05) is 13.7 Å². The normalized spacial score (nSPS) is 43.2. The van der Waals surface area contributed by atoms with Gasteiger partial charge in [-0.05, 0) is 91.7 Å². The maximum atomic E-state index is 12.5. The van der Waals surface area contributed by atoms with Crippen molar-refractivity contribution in [3.63, 3.8) is 0 Å². The minimum Gasteiger partial charge on any atom is -0.431 e. The van der Waals surface area contributed by atoms with Gasteiger partial charge >= 0.3 is 11.7 Å². The van der Waals surface area contributed by atoms with Crippen LogP contribution in [-0.2, 0) is 9.57 Å². The minimum absolute atomic E-state index is 0.0876. The van der Waals surface area contributed by atoms with Gasteiger partial charge in [-0.3, -0.25) is 9.63 Å². The van der Waals surface area contributed by atoms with Gasteiger partial charge in [0.25, 0.3) is 0 Å². The molecule has 4 fully saturated rings. The molecule has 2 amide bonds. The van der Waals surface area contributed by atoms with Crippen molar-refractivity contribution < 1.29 is 34.1 Å². The van der Waals surface area contributed by atoms with Crippen molar-refractivity contribution in [2.24, 2.45) is 27.8 Å². The summed E-state index contributed by atoms with van der Waals surface area (Å²) in [5, 5.41) is 41.1. The van der Waals surface area contributed by atoms with E-state index in [1.807, 2.05) is 6.07 Å². The van der Waals surface area contributed by atoms with Gasteiger partial charge in [0.2, 0.25) is 0 Å². The van der Waals surface area contributed by atoms with Gasteiger partial charge in [0, 0.05) is 21.5 Å². The monoisotopic (exact) mass is 613 g/mol. The van der Waals surface area contributed by atoms with E-state index < -0.39 is 36.1 Å². The Morgan fingerprint density at radius 2 is 1.93 bits per heavy atom. The first kappa shape index (κ1) is 31.2. The first-order chi connectivity index (χ1) is 21.0. The molecule has 1 aliphatic heterocycles. The zero-order valence-electron chi connectivity index (χ0n) is 25.5. The molecule has 0 bridgehead atoms. The van der Waals surface area contributed by atoms with Crippen LogP contribution in [0.15, 0.2) is 44.4 Å². The predicted octanol–water partition coefficient (Wildman–Crippen LogP) is 3.50. The Morgan fingerprint density at radius 3 is 2.64 bits per heavy atom. The number of carbonyl (C=O) groups excluding carboxylic acids is 1. The van der Waals surface area contributed by atoms with E-state index in [2.05, 4.69) is 35.3 Å². The molecule has 240 valence electrons. The number of amides is 2. The molecule has 0 aromatic carbocycles. The van der Waals surface area contributed by atoms with Crippen LogP contribution in [0.3, 0.4) is 0 Å². The maximum Gasteiger partial charge on any atom is 0.335 e. The van der Waals surface area contributed by atoms with Gasteiger partial charge in [0.1, 0.15) is 12.2 Å². The van der Waals surface area contributed by atoms with Gasteiger partial charge in [-0.25, -0.2) is 4.79 Å². The Balaban J connectivity index is 1.19. The largest absolute Gasteiger partial charge is 0.431 e. The number of nitrogens with zero attached hydrogens (tertiary/aromatic N) is 4. The smallest absolute Gasteiger partial charge is 0.335 e. The van der Waals surface area contributed by atoms with Crippen molar-refractivity contribution in [2.45, 2.75) is 107 Å². The lowest BCUT2D eigenvalue weighted by molar-refractivity contribution is -0.306. The second kappa shape index (κ2) is 11.5. The van der Waals surface area contributed by atoms with Crippen LogP contribution in [-0.4, -0.2) is 76.3 Å². The molecule has 1 aromatic heterocycles. The fourth-order valence-electron chi connectivity index (χ4n) is 9.80. The third-order valence-electron chi connectivity index (χ3n) is 12.1. The molecule has 1 aromatic rings. The summed E-state index contributed by atoms with van der Waals surface area (Å²) in [4.78, 5) is 31.5. The van der Waals surface area contributed by atoms with Crippen LogP contribution in [0.2, 0.25) is 0 Å². The van der Waals surface area contributed by atoms with E-state index in [1.54, 1.807) is 11.3 Å². The van der Waals surface area contributed by atoms with Gasteiger partial charge in [0.05, 0.1) is 37.7 Å². The first-order valence-corrected chi connectivity index (χ1v) is 15.6. The lowest BCUT2D eigenvalue weighted by atomic mass is 9.45. The Morgan fingerprint density at radius 1 is 1.14 bits per heavy atom. The van der Waals surface area contributed by atoms with E-state index in [9.17, 15) is 24.9 Å². The number of hydrogen-bond acceptors (Lipinski definition) is 9. The van der Waals surface area contributed by atoms with Crippen LogP contribution < -0.4 is 10.9 Å². The zero-order chi connectivity index (χ0) is 31.4. The molecule has 3 saturated carbocycles. The lowest BCUT2D eigenvalue weighted by Crippen LogP contribution is -2.64. The number of allylic oxidation sites excluding steroid dienone is 1. The molecule has 3 unspecified atom stereocenters. The molecule has 2 heterocycles. The fraction of sp³-hybridized carbons (Fsp3) is 0.742. The summed E-state index contributed by atoms with van der Waals surface area (Å²) in [6, 6.07) is 1.22. The fourth-order valence-corrected chi connectivity index (χ4v) is 9.80. The summed E-state index contributed by atoms with van der Waals surface area (Å²) in [5.74, 6) is 0.622. The highest BCUT2D eigenvalue weighted by Gasteiger charge is 2.66. The molecular weight excluding hydrogens is 570 g/mol. The summed E-state index contributed by atoms with van der Waals surface area (Å²) < 4.78 is 11.1. The zero-order valence-corrected chi connectivity index (χ0v) is 25.5. The molecule has 0 spiro atoms. The number of aliphatic hydroxyl groups is 3. The standard InChI is InChI=1S/C31H43N5O8/c1-29-11-8-19(36(42-3)27-26(39)25(38)23(16-44-27)33-28(40)34-35-32)14-18(29)5-6-22-21(29)9-12-30(2)20(10-13-31(22,30)41)17-4-7-24(37)43-15-17/h4,7,14-15,19-23,25-27,38-39,41H,5-6,8-13,16H2,1-3H3,(H,33,40)/t19-,20+,21?,22?,23-,25-,26-,27?,29-,30+,31-/m0/s1. The van der Waals surface area contributed by atoms with E-state index in [0.717, 1.165) is 56.9 Å². The van der Waals surface area contributed by atoms with E-state index >= 15 is 0 Å². The van der Waals surface area contributed by atoms with Crippen molar-refractivity contribution in [3.8, 4) is 0 Å². The third kappa shape index (κ3) is 4.81. The highest BCUT2D eigenvalue weighted by molar-refractivity contribution is 5.75. The van der Waals surface area contributed by atoms with E-state index in [1.165, 1.54) is 18.7 Å². The Kier molecular flexibility index (Phi) is 8.19. The van der Waals surface area contributed by atoms with E-state index in [4.69, 9.17) is 19.5 Å². The second-order valence-corrected chi connectivity index (χ2v) is 13.8. The van der Waals surface area contributed by atoms with Crippen LogP contribution in [0.1, 0.15) is 76.7 Å². The number of rotatable bonds is 5. The van der Waals surface area contributed by atoms with Crippen molar-refractivity contribution >= 4 is 6.03 Å². The molecule has 4 aliphatic carbocycles. The van der Waals surface area contributed by atoms with Gasteiger partial charge in [-0.2, -0.15) is 5.06 Å². The molecule has 44 heavy (non-hydrogen) atoms. The van der Waals surface area contributed by atoms with E-state index in [-0.39, 0.29) is 40.9 Å². The van der Waals surface area contributed by atoms with Crippen LogP contribution in [0.4, 0.5) is 4.79 Å². The molecule has 0 radical (unpaired) electrons. The highest BCUT2D eigenvalue weighted by Crippen LogP contribution is 2.70. The molecule has 6 rings (SSSR count). The van der Waals surface area contributed by atoms with Crippen LogP contribution in [0.5, 0.6) is 0 Å². The number of nitrogens with one attached hydrogen (secondary N) is 1. The average molecular weight is 614 g/mol. The number of hydrogen-bond donors (Lipinski definition) is 4. The Hall–Kier alpha value is -2.77. The van der Waals surface area contributed by atoms with Gasteiger partial charge in [-0.1, -0.05) is 25.5 Å². The summed E-state index contributed by atoms with van der Waals surface area (Å²) in [7, 11) is 1.51. The Labute approximate surface area is 255 Å². The number of azide groups is 1. The van der Waals surface area contributed by atoms with Crippen molar-refractivity contribution in [3.05, 3.63) is 56.5 Å². The number of urea groups is 1. The molecule has 13 heteroatoms. The van der Waals surface area contributed by atoms with Crippen LogP contribution >= 0.6 is 0 Å². The van der Waals surface area contributed by atoms with Crippen LogP contribution in [0.25, 0.3) is 10.4 Å². The third-order valence-corrected chi connectivity index (χ3v) is 12.1. The number of aliphatic hydroxyl groups excluding tert-OH is 2. The predicted molar refractivity (Wildman–Crippen MR) is 157 cm³/mol. The molecular formula is C31H43N5O8. The van der Waals surface area contributed by atoms with Gasteiger partial charge in [-0.15, -0.1) is 0 Å². The minimum atomic E-state index is -1.39. The molecule has 13 nitrogen and oxygen atoms in total. The second-order valence-electron chi connectivity index (χ2n) is 13.8. The lowest BCUT2D eigenvalue weighted by Gasteiger charge is -2.62. The number of carbonyl (C=O) groups is 1. The Bertz CT molecular complexity index is 1390. The summed E-state index contributed by atoms with van der Waals surface area (Å²) in [6.45, 7) is 4.46. The summed E-state index contributed by atoms with van der Waals surface area (Å²) in [5.41, 5.74) is 9.23. The number of hydroxylamine groups is 2. The highest BCUT2D eigenvalue weighted by atomic mass is 16.7. The summed E-state index contributed by atoms with van der Waals surface area (Å²) >= 11 is 0. The molecule has 1 saturated heterocycles. The average Bonchev–Trinajstić information content (AvgIpc) is 3.28. The van der Waals surface area contributed by atoms with Crippen molar-refractivity contribution in [1.82, 2.24) is 10.4 Å². The van der Waals surface area contributed by atoms with Gasteiger partial charge < -0.3 is 29.8 Å². The van der Waals surface area contributed by atoms with Gasteiger partial charge in [0.15, 0.2) is 6.23 Å². The molecule has 11 atom stereocenters. The summed E-state index contributed by atoms with van der Waals surface area (Å²) in [6.07, 6.45) is 6.90. The van der Waals surface area contributed by atoms with Crippen LogP contribution in [0, 0.1) is 22.7 Å².